The molecule has 0 saturated carbocycles. The Morgan fingerprint density at radius 2 is 2.05 bits per heavy atom. The standard InChI is InChI=1S/C16H20N2O2/c1-11(17)9-14-13-6-4-3-5-12(13)7-8-15(14)20-10-16(19)18-2/h3-8,11H,9-10,17H2,1-2H3,(H,18,19). The molecule has 0 heterocycles. The van der Waals surface area contributed by atoms with Gasteiger partial charge in [-0.25, -0.2) is 0 Å². The summed E-state index contributed by atoms with van der Waals surface area (Å²) in [6.45, 7) is 1.98. The van der Waals surface area contributed by atoms with E-state index in [9.17, 15) is 4.79 Å². The second-order valence-electron chi connectivity index (χ2n) is 4.91. The molecule has 0 aliphatic carbocycles. The molecule has 20 heavy (non-hydrogen) atoms. The van der Waals surface area contributed by atoms with Crippen molar-refractivity contribution in [1.29, 1.82) is 0 Å². The van der Waals surface area contributed by atoms with E-state index in [0.717, 1.165) is 22.1 Å². The quantitative estimate of drug-likeness (QED) is 0.873. The Labute approximate surface area is 118 Å². The molecule has 0 aliphatic rings. The lowest BCUT2D eigenvalue weighted by Crippen LogP contribution is -2.25. The highest BCUT2D eigenvalue weighted by atomic mass is 16.5. The zero-order valence-corrected chi connectivity index (χ0v) is 11.8. The first-order valence-corrected chi connectivity index (χ1v) is 6.71. The summed E-state index contributed by atoms with van der Waals surface area (Å²) in [6, 6.07) is 12.0. The molecule has 0 bridgehead atoms. The van der Waals surface area contributed by atoms with Gasteiger partial charge in [-0.3, -0.25) is 4.79 Å². The van der Waals surface area contributed by atoms with Crippen molar-refractivity contribution in [3.8, 4) is 5.75 Å². The number of carbonyl (C=O) groups is 1. The number of hydrogen-bond acceptors (Lipinski definition) is 3. The average molecular weight is 272 g/mol. The van der Waals surface area contributed by atoms with E-state index in [4.69, 9.17) is 10.5 Å². The van der Waals surface area contributed by atoms with Gasteiger partial charge in [0.15, 0.2) is 6.61 Å². The van der Waals surface area contributed by atoms with Crippen LogP contribution in [0, 0.1) is 0 Å². The number of rotatable bonds is 5. The highest BCUT2D eigenvalue weighted by molar-refractivity contribution is 5.88. The van der Waals surface area contributed by atoms with Gasteiger partial charge in [-0.2, -0.15) is 0 Å². The van der Waals surface area contributed by atoms with E-state index in [0.29, 0.717) is 6.42 Å². The number of likely N-dealkylation sites (N-methyl/N-ethyl adjacent to an activating group) is 1. The number of carbonyl (C=O) groups excluding carboxylic acids is 1. The average Bonchev–Trinajstić information content (AvgIpc) is 2.45. The van der Waals surface area contributed by atoms with Crippen molar-refractivity contribution < 1.29 is 9.53 Å². The predicted molar refractivity (Wildman–Crippen MR) is 80.9 cm³/mol. The second kappa shape index (κ2) is 6.39. The first kappa shape index (κ1) is 14.3. The van der Waals surface area contributed by atoms with Crippen molar-refractivity contribution in [2.24, 2.45) is 5.73 Å². The topological polar surface area (TPSA) is 64.3 Å². The Morgan fingerprint density at radius 1 is 1.30 bits per heavy atom. The van der Waals surface area contributed by atoms with Crippen LogP contribution in [-0.2, 0) is 11.2 Å². The van der Waals surface area contributed by atoms with E-state index in [1.165, 1.54) is 0 Å². The largest absolute Gasteiger partial charge is 0.483 e. The van der Waals surface area contributed by atoms with Gasteiger partial charge in [0.1, 0.15) is 5.75 Å². The van der Waals surface area contributed by atoms with E-state index in [-0.39, 0.29) is 18.6 Å². The SMILES string of the molecule is CNC(=O)COc1ccc2ccccc2c1CC(C)N. The van der Waals surface area contributed by atoms with Crippen LogP contribution in [-0.4, -0.2) is 25.6 Å². The molecule has 2 rings (SSSR count). The summed E-state index contributed by atoms with van der Waals surface area (Å²) >= 11 is 0. The molecule has 2 aromatic carbocycles. The van der Waals surface area contributed by atoms with Crippen molar-refractivity contribution in [2.75, 3.05) is 13.7 Å². The van der Waals surface area contributed by atoms with Crippen LogP contribution in [0.3, 0.4) is 0 Å². The van der Waals surface area contributed by atoms with Crippen molar-refractivity contribution in [3.05, 3.63) is 42.0 Å². The number of benzene rings is 2. The first-order valence-electron chi connectivity index (χ1n) is 6.71. The molecule has 1 amide bonds. The maximum absolute atomic E-state index is 11.3. The van der Waals surface area contributed by atoms with Crippen molar-refractivity contribution in [1.82, 2.24) is 5.32 Å². The van der Waals surface area contributed by atoms with Crippen LogP contribution in [0.15, 0.2) is 36.4 Å². The summed E-state index contributed by atoms with van der Waals surface area (Å²) in [5.41, 5.74) is 6.99. The number of amides is 1. The summed E-state index contributed by atoms with van der Waals surface area (Å²) in [7, 11) is 1.59. The van der Waals surface area contributed by atoms with E-state index in [1.54, 1.807) is 7.05 Å². The van der Waals surface area contributed by atoms with Crippen LogP contribution < -0.4 is 15.8 Å². The molecule has 3 N–H and O–H groups in total. The molecule has 1 atom stereocenters. The lowest BCUT2D eigenvalue weighted by atomic mass is 9.98. The fourth-order valence-electron chi connectivity index (χ4n) is 2.20. The second-order valence-corrected chi connectivity index (χ2v) is 4.91. The van der Waals surface area contributed by atoms with Crippen molar-refractivity contribution in [2.45, 2.75) is 19.4 Å². The van der Waals surface area contributed by atoms with E-state index < -0.39 is 0 Å². The van der Waals surface area contributed by atoms with E-state index in [2.05, 4.69) is 17.4 Å². The van der Waals surface area contributed by atoms with Gasteiger partial charge < -0.3 is 15.8 Å². The number of nitrogens with two attached hydrogens (primary N) is 1. The Kier molecular flexibility index (Phi) is 4.58. The lowest BCUT2D eigenvalue weighted by Gasteiger charge is -2.15. The highest BCUT2D eigenvalue weighted by Gasteiger charge is 2.11. The molecule has 1 unspecified atom stereocenters. The minimum absolute atomic E-state index is 0.0147. The zero-order chi connectivity index (χ0) is 14.5. The third-order valence-electron chi connectivity index (χ3n) is 3.16. The van der Waals surface area contributed by atoms with Crippen LogP contribution in [0.25, 0.3) is 10.8 Å². The molecule has 2 aromatic rings. The van der Waals surface area contributed by atoms with E-state index >= 15 is 0 Å². The molecule has 106 valence electrons. The molecule has 0 aliphatic heterocycles. The van der Waals surface area contributed by atoms with Gasteiger partial charge in [0.05, 0.1) is 0 Å². The zero-order valence-electron chi connectivity index (χ0n) is 11.8. The molecule has 0 radical (unpaired) electrons. The van der Waals surface area contributed by atoms with Crippen LogP contribution in [0.1, 0.15) is 12.5 Å². The number of ether oxygens (including phenoxy) is 1. The van der Waals surface area contributed by atoms with Gasteiger partial charge in [-0.15, -0.1) is 0 Å². The van der Waals surface area contributed by atoms with Gasteiger partial charge in [0.2, 0.25) is 0 Å². The van der Waals surface area contributed by atoms with Crippen LogP contribution in [0.2, 0.25) is 0 Å². The predicted octanol–water partition coefficient (Wildman–Crippen LogP) is 1.85. The Bertz CT molecular complexity index is 608. The van der Waals surface area contributed by atoms with Crippen LogP contribution in [0.4, 0.5) is 0 Å². The van der Waals surface area contributed by atoms with Gasteiger partial charge in [0, 0.05) is 18.7 Å². The smallest absolute Gasteiger partial charge is 0.257 e. The van der Waals surface area contributed by atoms with Gasteiger partial charge in [-0.05, 0) is 30.2 Å². The third-order valence-corrected chi connectivity index (χ3v) is 3.16. The van der Waals surface area contributed by atoms with E-state index in [1.807, 2.05) is 31.2 Å². The maximum atomic E-state index is 11.3. The Balaban J connectivity index is 2.39. The molecule has 4 heteroatoms. The fourth-order valence-corrected chi connectivity index (χ4v) is 2.20. The van der Waals surface area contributed by atoms with Gasteiger partial charge in [0.25, 0.3) is 5.91 Å². The minimum Gasteiger partial charge on any atom is -0.483 e. The Morgan fingerprint density at radius 3 is 2.75 bits per heavy atom. The number of fused-ring (bicyclic) bond motifs is 1. The fraction of sp³-hybridized carbons (Fsp3) is 0.312. The molecule has 4 nitrogen and oxygen atoms in total. The van der Waals surface area contributed by atoms with Crippen LogP contribution in [0.5, 0.6) is 5.75 Å². The summed E-state index contributed by atoms with van der Waals surface area (Å²) in [5, 5.41) is 4.82. The molecular weight excluding hydrogens is 252 g/mol. The first-order chi connectivity index (χ1) is 9.61. The third kappa shape index (κ3) is 3.27. The maximum Gasteiger partial charge on any atom is 0.257 e. The molecule has 0 spiro atoms. The molecule has 0 aromatic heterocycles. The highest BCUT2D eigenvalue weighted by Crippen LogP contribution is 2.29. The minimum atomic E-state index is -0.148. The monoisotopic (exact) mass is 272 g/mol. The van der Waals surface area contributed by atoms with Gasteiger partial charge in [-0.1, -0.05) is 30.3 Å². The molecular formula is C16H20N2O2. The lowest BCUT2D eigenvalue weighted by molar-refractivity contribution is -0.122. The molecule has 0 saturated heterocycles. The normalized spacial score (nSPS) is 12.2. The van der Waals surface area contributed by atoms with Crippen LogP contribution >= 0.6 is 0 Å². The number of hydrogen-bond donors (Lipinski definition) is 2. The summed E-state index contributed by atoms with van der Waals surface area (Å²) < 4.78 is 5.63. The van der Waals surface area contributed by atoms with Crippen molar-refractivity contribution >= 4 is 16.7 Å². The summed E-state index contributed by atoms with van der Waals surface area (Å²) in [6.07, 6.45) is 0.713. The van der Waals surface area contributed by atoms with Crippen molar-refractivity contribution in [3.63, 3.8) is 0 Å². The Hall–Kier alpha value is -2.07. The molecule has 0 fully saturated rings. The summed E-state index contributed by atoms with van der Waals surface area (Å²) in [4.78, 5) is 11.3. The van der Waals surface area contributed by atoms with Gasteiger partial charge >= 0.3 is 0 Å². The number of nitrogens with one attached hydrogen (secondary N) is 1. The summed E-state index contributed by atoms with van der Waals surface area (Å²) in [5.74, 6) is 0.578.